The number of benzene rings is 10. The van der Waals surface area contributed by atoms with Crippen LogP contribution in [0.4, 0.5) is 0 Å². The predicted molar refractivity (Wildman–Crippen MR) is 218 cm³/mol. The Morgan fingerprint density at radius 3 is 1.49 bits per heavy atom. The van der Waals surface area contributed by atoms with E-state index in [0.717, 1.165) is 27.3 Å². The van der Waals surface area contributed by atoms with E-state index in [2.05, 4.69) is 176 Å². The van der Waals surface area contributed by atoms with Crippen molar-refractivity contribution in [3.05, 3.63) is 182 Å². The molecule has 51 heavy (non-hydrogen) atoms. The van der Waals surface area contributed by atoms with E-state index < -0.39 is 0 Å². The molecule has 0 aliphatic carbocycles. The van der Waals surface area contributed by atoms with Gasteiger partial charge in [0, 0.05) is 16.2 Å². The van der Waals surface area contributed by atoms with Crippen LogP contribution in [0.15, 0.2) is 186 Å². The normalized spacial score (nSPS) is 11.9. The van der Waals surface area contributed by atoms with Crippen molar-refractivity contribution in [2.45, 2.75) is 0 Å². The lowest BCUT2D eigenvalue weighted by Crippen LogP contribution is -1.92. The molecule has 10 aromatic carbocycles. The number of hydrogen-bond donors (Lipinski definition) is 0. The van der Waals surface area contributed by atoms with Crippen LogP contribution in [0.25, 0.3) is 109 Å². The minimum absolute atomic E-state index is 0.916. The van der Waals surface area contributed by atoms with Crippen molar-refractivity contribution in [2.75, 3.05) is 0 Å². The summed E-state index contributed by atoms with van der Waals surface area (Å²) in [6.45, 7) is 0. The van der Waals surface area contributed by atoms with E-state index in [0.29, 0.717) is 0 Å². The van der Waals surface area contributed by atoms with E-state index in [1.807, 2.05) is 6.07 Å². The van der Waals surface area contributed by atoms with Crippen LogP contribution < -0.4 is 0 Å². The lowest BCUT2D eigenvalue weighted by Gasteiger charge is -2.19. The average Bonchev–Trinajstić information content (AvgIpc) is 3.58. The molecule has 0 fully saturated rings. The summed E-state index contributed by atoms with van der Waals surface area (Å²) in [5.41, 5.74) is 9.28. The lowest BCUT2D eigenvalue weighted by molar-refractivity contribution is 0.672. The minimum atomic E-state index is 0.916. The van der Waals surface area contributed by atoms with Crippen molar-refractivity contribution in [1.29, 1.82) is 0 Å². The highest BCUT2D eigenvalue weighted by Gasteiger charge is 2.21. The Labute approximate surface area is 294 Å². The van der Waals surface area contributed by atoms with Gasteiger partial charge in [-0.05, 0) is 106 Å². The Morgan fingerprint density at radius 1 is 0.275 bits per heavy atom. The van der Waals surface area contributed by atoms with Gasteiger partial charge in [-0.3, -0.25) is 0 Å². The summed E-state index contributed by atoms with van der Waals surface area (Å²) >= 11 is 0. The molecule has 11 rings (SSSR count). The Hall–Kier alpha value is -6.70. The van der Waals surface area contributed by atoms with Gasteiger partial charge in [0.05, 0.1) is 0 Å². The van der Waals surface area contributed by atoms with Gasteiger partial charge < -0.3 is 4.42 Å². The van der Waals surface area contributed by atoms with E-state index in [4.69, 9.17) is 4.42 Å². The fourth-order valence-corrected chi connectivity index (χ4v) is 8.62. The smallest absolute Gasteiger partial charge is 0.143 e. The third-order valence-corrected chi connectivity index (χ3v) is 10.8. The van der Waals surface area contributed by atoms with Gasteiger partial charge in [-0.25, -0.2) is 0 Å². The van der Waals surface area contributed by atoms with Gasteiger partial charge in [-0.2, -0.15) is 0 Å². The quantitative estimate of drug-likeness (QED) is 0.138. The second kappa shape index (κ2) is 10.9. The molecule has 0 bridgehead atoms. The first-order chi connectivity index (χ1) is 25.3. The third kappa shape index (κ3) is 4.16. The van der Waals surface area contributed by atoms with Crippen LogP contribution in [0.5, 0.6) is 0 Å². The summed E-state index contributed by atoms with van der Waals surface area (Å²) in [4.78, 5) is 0. The van der Waals surface area contributed by atoms with Gasteiger partial charge in [-0.1, -0.05) is 158 Å². The SMILES string of the molecule is c1cc(-c2c3ccccc3c(-c3cc4c5ccccc5oc4c4ccccc34)c3ccccc23)cc(-c2cc3ccccc3c3ccccc23)c1. The molecule has 0 amide bonds. The number of fused-ring (bicyclic) bond motifs is 10. The van der Waals surface area contributed by atoms with Gasteiger partial charge >= 0.3 is 0 Å². The topological polar surface area (TPSA) is 13.1 Å². The van der Waals surface area contributed by atoms with Gasteiger partial charge in [0.15, 0.2) is 0 Å². The summed E-state index contributed by atoms with van der Waals surface area (Å²) in [6.07, 6.45) is 0. The van der Waals surface area contributed by atoms with Crippen LogP contribution in [0, 0.1) is 0 Å². The Kier molecular flexibility index (Phi) is 6.02. The van der Waals surface area contributed by atoms with Gasteiger partial charge in [0.1, 0.15) is 11.2 Å². The fourth-order valence-electron chi connectivity index (χ4n) is 8.62. The summed E-state index contributed by atoms with van der Waals surface area (Å²) in [5.74, 6) is 0. The zero-order valence-corrected chi connectivity index (χ0v) is 27.7. The first-order valence-corrected chi connectivity index (χ1v) is 17.6. The highest BCUT2D eigenvalue weighted by Crippen LogP contribution is 2.48. The summed E-state index contributed by atoms with van der Waals surface area (Å²) in [6, 6.07) is 66.4. The third-order valence-electron chi connectivity index (χ3n) is 10.8. The number of hydrogen-bond acceptors (Lipinski definition) is 1. The number of para-hydroxylation sites is 1. The van der Waals surface area contributed by atoms with E-state index >= 15 is 0 Å². The second-order valence-corrected chi connectivity index (χ2v) is 13.6. The zero-order chi connectivity index (χ0) is 33.5. The molecule has 0 saturated carbocycles. The largest absolute Gasteiger partial charge is 0.455 e. The monoisotopic (exact) mass is 646 g/mol. The van der Waals surface area contributed by atoms with Crippen LogP contribution in [0.1, 0.15) is 0 Å². The van der Waals surface area contributed by atoms with Gasteiger partial charge in [0.2, 0.25) is 0 Å². The summed E-state index contributed by atoms with van der Waals surface area (Å²) in [7, 11) is 0. The minimum Gasteiger partial charge on any atom is -0.455 e. The van der Waals surface area contributed by atoms with Gasteiger partial charge in [0.25, 0.3) is 0 Å². The summed E-state index contributed by atoms with van der Waals surface area (Å²) in [5, 5.41) is 14.7. The van der Waals surface area contributed by atoms with Crippen molar-refractivity contribution in [2.24, 2.45) is 0 Å². The molecular weight excluding hydrogens is 617 g/mol. The molecule has 11 aromatic rings. The lowest BCUT2D eigenvalue weighted by atomic mass is 9.83. The molecule has 1 heteroatoms. The molecule has 1 nitrogen and oxygen atoms in total. The molecule has 0 radical (unpaired) electrons. The van der Waals surface area contributed by atoms with E-state index in [1.54, 1.807) is 0 Å². The Morgan fingerprint density at radius 2 is 0.784 bits per heavy atom. The molecule has 0 N–H and O–H groups in total. The molecule has 1 aromatic heterocycles. The van der Waals surface area contributed by atoms with Crippen molar-refractivity contribution in [3.63, 3.8) is 0 Å². The highest BCUT2D eigenvalue weighted by molar-refractivity contribution is 6.27. The molecule has 0 aliphatic heterocycles. The number of rotatable bonds is 3. The maximum Gasteiger partial charge on any atom is 0.143 e. The molecule has 1 heterocycles. The van der Waals surface area contributed by atoms with Crippen molar-refractivity contribution < 1.29 is 4.42 Å². The van der Waals surface area contributed by atoms with Crippen molar-refractivity contribution in [3.8, 4) is 33.4 Å². The van der Waals surface area contributed by atoms with Crippen LogP contribution in [-0.4, -0.2) is 0 Å². The molecule has 0 atom stereocenters. The van der Waals surface area contributed by atoms with Crippen LogP contribution in [-0.2, 0) is 0 Å². The Balaban J connectivity index is 1.22. The zero-order valence-electron chi connectivity index (χ0n) is 27.7. The van der Waals surface area contributed by atoms with Crippen LogP contribution in [0.3, 0.4) is 0 Å². The highest BCUT2D eigenvalue weighted by atomic mass is 16.3. The molecule has 0 spiro atoms. The van der Waals surface area contributed by atoms with Crippen LogP contribution in [0.2, 0.25) is 0 Å². The first kappa shape index (κ1) is 28.2. The molecule has 236 valence electrons. The average molecular weight is 647 g/mol. The molecule has 0 saturated heterocycles. The van der Waals surface area contributed by atoms with Crippen molar-refractivity contribution >= 4 is 75.8 Å². The molecule has 0 unspecified atom stereocenters. The number of furan rings is 1. The summed E-state index contributed by atoms with van der Waals surface area (Å²) < 4.78 is 6.51. The second-order valence-electron chi connectivity index (χ2n) is 13.6. The predicted octanol–water partition coefficient (Wildman–Crippen LogP) is 14.4. The molecular formula is C50H30O. The van der Waals surface area contributed by atoms with E-state index in [-0.39, 0.29) is 0 Å². The first-order valence-electron chi connectivity index (χ1n) is 17.6. The maximum atomic E-state index is 6.51. The standard InChI is InChI=1S/C50H30O/c1-2-17-34-32(14-1)29-44(36-19-4-3-18-35(34)36)31-15-13-16-33(28-31)48-39-22-6-8-24-41(39)49(42-25-9-7-23-40(42)48)45-30-46-38-21-11-12-27-47(38)51-50(46)43-26-10-5-20-37(43)45/h1-30H. The van der Waals surface area contributed by atoms with E-state index in [9.17, 15) is 0 Å². The van der Waals surface area contributed by atoms with E-state index in [1.165, 1.54) is 81.9 Å². The maximum absolute atomic E-state index is 6.51. The van der Waals surface area contributed by atoms with Gasteiger partial charge in [-0.15, -0.1) is 0 Å². The fraction of sp³-hybridized carbons (Fsp3) is 0. The molecule has 0 aliphatic rings. The van der Waals surface area contributed by atoms with Crippen LogP contribution >= 0.6 is 0 Å². The van der Waals surface area contributed by atoms with Crippen molar-refractivity contribution in [1.82, 2.24) is 0 Å². The Bertz CT molecular complexity index is 3140.